The van der Waals surface area contributed by atoms with Crippen LogP contribution in [-0.2, 0) is 12.8 Å². The van der Waals surface area contributed by atoms with Crippen molar-refractivity contribution in [1.82, 2.24) is 14.8 Å². The first-order valence-corrected chi connectivity index (χ1v) is 5.98. The molecule has 0 atom stereocenters. The summed E-state index contributed by atoms with van der Waals surface area (Å²) in [4.78, 5) is 5.27. The summed E-state index contributed by atoms with van der Waals surface area (Å²) in [5, 5.41) is 4.03. The van der Waals surface area contributed by atoms with Crippen molar-refractivity contribution in [2.75, 3.05) is 5.73 Å². The Morgan fingerprint density at radius 2 is 2.25 bits per heavy atom. The maximum absolute atomic E-state index is 6.00. The zero-order chi connectivity index (χ0) is 11.5. The Morgan fingerprint density at radius 1 is 1.44 bits per heavy atom. The van der Waals surface area contributed by atoms with Crippen LogP contribution >= 0.6 is 11.8 Å². The zero-order valence-electron chi connectivity index (χ0n) is 9.34. The Labute approximate surface area is 98.9 Å². The van der Waals surface area contributed by atoms with Crippen molar-refractivity contribution < 1.29 is 0 Å². The van der Waals surface area contributed by atoms with E-state index in [0.717, 1.165) is 27.7 Å². The largest absolute Gasteiger partial charge is 0.398 e. The van der Waals surface area contributed by atoms with E-state index in [1.807, 2.05) is 32.2 Å². The minimum Gasteiger partial charge on any atom is -0.398 e. The van der Waals surface area contributed by atoms with Gasteiger partial charge in [0, 0.05) is 17.6 Å². The predicted molar refractivity (Wildman–Crippen MR) is 66.2 cm³/mol. The van der Waals surface area contributed by atoms with Gasteiger partial charge in [0.15, 0.2) is 0 Å². The molecule has 0 bridgehead atoms. The number of thioether (sulfide) groups is 1. The third-order valence-corrected chi connectivity index (χ3v) is 3.52. The van der Waals surface area contributed by atoms with Gasteiger partial charge in [-0.05, 0) is 18.6 Å². The Morgan fingerprint density at radius 3 is 2.94 bits per heavy atom. The summed E-state index contributed by atoms with van der Waals surface area (Å²) < 4.78 is 1.78. The van der Waals surface area contributed by atoms with Crippen LogP contribution in [0.4, 0.5) is 5.69 Å². The Kier molecular flexibility index (Phi) is 3.14. The molecule has 5 heteroatoms. The number of rotatable bonds is 3. The average Bonchev–Trinajstić information content (AvgIpc) is 2.67. The van der Waals surface area contributed by atoms with Gasteiger partial charge in [-0.15, -0.1) is 11.8 Å². The molecule has 0 aliphatic rings. The number of nitrogen functional groups attached to an aromatic ring is 1. The highest BCUT2D eigenvalue weighted by molar-refractivity contribution is 7.98. The SMILES string of the molecule is Cc1cccc(SCc2ncnn2C)c1N. The third kappa shape index (κ3) is 2.19. The molecule has 1 aromatic heterocycles. The number of anilines is 1. The number of benzene rings is 1. The van der Waals surface area contributed by atoms with Crippen LogP contribution in [-0.4, -0.2) is 14.8 Å². The second-order valence-electron chi connectivity index (χ2n) is 3.58. The van der Waals surface area contributed by atoms with Gasteiger partial charge >= 0.3 is 0 Å². The van der Waals surface area contributed by atoms with Gasteiger partial charge in [-0.25, -0.2) is 4.98 Å². The molecule has 0 saturated heterocycles. The van der Waals surface area contributed by atoms with E-state index >= 15 is 0 Å². The van der Waals surface area contributed by atoms with Crippen molar-refractivity contribution in [1.29, 1.82) is 0 Å². The Bertz CT molecular complexity index is 492. The molecule has 1 aromatic carbocycles. The molecule has 0 spiro atoms. The van der Waals surface area contributed by atoms with Gasteiger partial charge in [0.05, 0.1) is 5.75 Å². The number of hydrogen-bond acceptors (Lipinski definition) is 4. The van der Waals surface area contributed by atoms with Gasteiger partial charge in [-0.3, -0.25) is 4.68 Å². The zero-order valence-corrected chi connectivity index (χ0v) is 10.2. The summed E-state index contributed by atoms with van der Waals surface area (Å²) in [6.07, 6.45) is 1.56. The molecule has 0 unspecified atom stereocenters. The first-order chi connectivity index (χ1) is 7.68. The summed E-state index contributed by atoms with van der Waals surface area (Å²) in [5.74, 6) is 1.73. The van der Waals surface area contributed by atoms with Crippen LogP contribution in [0.5, 0.6) is 0 Å². The van der Waals surface area contributed by atoms with E-state index in [9.17, 15) is 0 Å². The molecule has 0 aliphatic carbocycles. The summed E-state index contributed by atoms with van der Waals surface area (Å²) in [7, 11) is 1.89. The van der Waals surface area contributed by atoms with Gasteiger partial charge in [0.2, 0.25) is 0 Å². The number of nitrogens with two attached hydrogens (primary N) is 1. The molecule has 2 N–H and O–H groups in total. The summed E-state index contributed by atoms with van der Waals surface area (Å²) in [6.45, 7) is 2.02. The first kappa shape index (κ1) is 11.0. The lowest BCUT2D eigenvalue weighted by Gasteiger charge is -2.07. The van der Waals surface area contributed by atoms with E-state index in [2.05, 4.69) is 10.1 Å². The fraction of sp³-hybridized carbons (Fsp3) is 0.273. The lowest BCUT2D eigenvalue weighted by atomic mass is 10.2. The summed E-state index contributed by atoms with van der Waals surface area (Å²) >= 11 is 1.68. The molecule has 84 valence electrons. The molecule has 0 amide bonds. The highest BCUT2D eigenvalue weighted by Gasteiger charge is 2.05. The second kappa shape index (κ2) is 4.57. The van der Waals surface area contributed by atoms with Crippen molar-refractivity contribution >= 4 is 17.4 Å². The molecule has 0 fully saturated rings. The van der Waals surface area contributed by atoms with Crippen LogP contribution in [0.25, 0.3) is 0 Å². The molecule has 2 aromatic rings. The molecular weight excluding hydrogens is 220 g/mol. The smallest absolute Gasteiger partial charge is 0.138 e. The number of para-hydroxylation sites is 1. The molecule has 16 heavy (non-hydrogen) atoms. The van der Waals surface area contributed by atoms with Gasteiger partial charge in [-0.2, -0.15) is 5.10 Å². The van der Waals surface area contributed by atoms with Gasteiger partial charge in [0.1, 0.15) is 12.2 Å². The standard InChI is InChI=1S/C11H14N4S/c1-8-4-3-5-9(11(8)12)16-6-10-13-7-14-15(10)2/h3-5,7H,6,12H2,1-2H3. The monoisotopic (exact) mass is 234 g/mol. The molecule has 0 aliphatic heterocycles. The maximum Gasteiger partial charge on any atom is 0.138 e. The van der Waals surface area contributed by atoms with Gasteiger partial charge < -0.3 is 5.73 Å². The average molecular weight is 234 g/mol. The predicted octanol–water partition coefficient (Wildman–Crippen LogP) is 2.00. The van der Waals surface area contributed by atoms with E-state index in [4.69, 9.17) is 5.73 Å². The maximum atomic E-state index is 6.00. The van der Waals surface area contributed by atoms with Crippen LogP contribution in [0.1, 0.15) is 11.4 Å². The fourth-order valence-corrected chi connectivity index (χ4v) is 2.41. The number of aromatic nitrogens is 3. The Hall–Kier alpha value is -1.49. The lowest BCUT2D eigenvalue weighted by Crippen LogP contribution is -1.98. The van der Waals surface area contributed by atoms with E-state index in [0.29, 0.717) is 0 Å². The minimum atomic E-state index is 0.782. The number of aryl methyl sites for hydroxylation is 2. The number of hydrogen-bond donors (Lipinski definition) is 1. The van der Waals surface area contributed by atoms with Crippen LogP contribution < -0.4 is 5.73 Å². The quantitative estimate of drug-likeness (QED) is 0.652. The van der Waals surface area contributed by atoms with E-state index in [1.54, 1.807) is 22.8 Å². The highest BCUT2D eigenvalue weighted by Crippen LogP contribution is 2.29. The molecule has 0 radical (unpaired) electrons. The van der Waals surface area contributed by atoms with E-state index in [-0.39, 0.29) is 0 Å². The van der Waals surface area contributed by atoms with E-state index < -0.39 is 0 Å². The topological polar surface area (TPSA) is 56.7 Å². The van der Waals surface area contributed by atoms with E-state index in [1.165, 1.54) is 0 Å². The Balaban J connectivity index is 2.11. The third-order valence-electron chi connectivity index (χ3n) is 2.45. The molecular formula is C11H14N4S. The van der Waals surface area contributed by atoms with Crippen LogP contribution in [0.3, 0.4) is 0 Å². The fourth-order valence-electron chi connectivity index (χ4n) is 1.37. The van der Waals surface area contributed by atoms with Gasteiger partial charge in [-0.1, -0.05) is 12.1 Å². The lowest BCUT2D eigenvalue weighted by molar-refractivity contribution is 0.730. The van der Waals surface area contributed by atoms with Crippen LogP contribution in [0.2, 0.25) is 0 Å². The first-order valence-electron chi connectivity index (χ1n) is 4.99. The van der Waals surface area contributed by atoms with Crippen molar-refractivity contribution in [2.24, 2.45) is 7.05 Å². The summed E-state index contributed by atoms with van der Waals surface area (Å²) in [6, 6.07) is 6.07. The summed E-state index contributed by atoms with van der Waals surface area (Å²) in [5.41, 5.74) is 7.97. The van der Waals surface area contributed by atoms with Crippen molar-refractivity contribution in [3.05, 3.63) is 35.9 Å². The molecule has 0 saturated carbocycles. The molecule has 2 rings (SSSR count). The van der Waals surface area contributed by atoms with Crippen molar-refractivity contribution in [3.63, 3.8) is 0 Å². The van der Waals surface area contributed by atoms with Gasteiger partial charge in [0.25, 0.3) is 0 Å². The highest BCUT2D eigenvalue weighted by atomic mass is 32.2. The second-order valence-corrected chi connectivity index (χ2v) is 4.59. The van der Waals surface area contributed by atoms with Crippen molar-refractivity contribution in [3.8, 4) is 0 Å². The van der Waals surface area contributed by atoms with Crippen molar-refractivity contribution in [2.45, 2.75) is 17.6 Å². The molecule has 1 heterocycles. The normalized spacial score (nSPS) is 10.6. The molecule has 4 nitrogen and oxygen atoms in total. The minimum absolute atomic E-state index is 0.782. The van der Waals surface area contributed by atoms with Crippen LogP contribution in [0, 0.1) is 6.92 Å². The number of nitrogens with zero attached hydrogens (tertiary/aromatic N) is 3. The van der Waals surface area contributed by atoms with Crippen LogP contribution in [0.15, 0.2) is 29.4 Å².